The second kappa shape index (κ2) is 5.16. The molecule has 1 N–H and O–H groups in total. The quantitative estimate of drug-likeness (QED) is 0.898. The molecule has 0 aromatic carbocycles. The van der Waals surface area contributed by atoms with Crippen molar-refractivity contribution in [3.05, 3.63) is 23.7 Å². The molecule has 96 valence electrons. The van der Waals surface area contributed by atoms with Gasteiger partial charge in [-0.25, -0.2) is 9.97 Å². The lowest BCUT2D eigenvalue weighted by atomic mass is 10.2. The van der Waals surface area contributed by atoms with Gasteiger partial charge in [-0.05, 0) is 20.3 Å². The second-order valence-corrected chi connectivity index (χ2v) is 4.44. The van der Waals surface area contributed by atoms with E-state index < -0.39 is 0 Å². The molecule has 0 bridgehead atoms. The molecule has 2 aromatic rings. The Balaban J connectivity index is 2.40. The molecule has 5 heteroatoms. The van der Waals surface area contributed by atoms with Gasteiger partial charge in [0.25, 0.3) is 0 Å². The maximum Gasteiger partial charge on any atom is 0.164 e. The first kappa shape index (κ1) is 12.5. The molecule has 0 saturated heterocycles. The van der Waals surface area contributed by atoms with Gasteiger partial charge in [-0.3, -0.25) is 4.68 Å². The number of nitrogens with one attached hydrogen (secondary N) is 1. The number of anilines is 1. The standard InChI is InChI=1S/C13H19N5/c1-5-6-14-12-9(2)10(3)16-13(17-12)11-7-15-18(4)8-11/h7-8H,5-6H2,1-4H3,(H,14,16,17). The number of nitrogens with zero attached hydrogens (tertiary/aromatic N) is 4. The van der Waals surface area contributed by atoms with Crippen molar-refractivity contribution in [2.75, 3.05) is 11.9 Å². The minimum Gasteiger partial charge on any atom is -0.370 e. The summed E-state index contributed by atoms with van der Waals surface area (Å²) in [5.41, 5.74) is 3.05. The van der Waals surface area contributed by atoms with E-state index in [1.807, 2.05) is 27.1 Å². The predicted molar refractivity (Wildman–Crippen MR) is 72.5 cm³/mol. The third-order valence-corrected chi connectivity index (χ3v) is 2.89. The van der Waals surface area contributed by atoms with E-state index >= 15 is 0 Å². The normalized spacial score (nSPS) is 10.7. The largest absolute Gasteiger partial charge is 0.370 e. The highest BCUT2D eigenvalue weighted by Crippen LogP contribution is 2.21. The summed E-state index contributed by atoms with van der Waals surface area (Å²) in [5, 5.41) is 7.50. The van der Waals surface area contributed by atoms with Gasteiger partial charge in [0.15, 0.2) is 5.82 Å². The molecule has 0 fully saturated rings. The summed E-state index contributed by atoms with van der Waals surface area (Å²) < 4.78 is 1.76. The predicted octanol–water partition coefficient (Wildman–Crippen LogP) is 2.32. The fourth-order valence-corrected chi connectivity index (χ4v) is 1.71. The Morgan fingerprint density at radius 3 is 2.67 bits per heavy atom. The van der Waals surface area contributed by atoms with Crippen molar-refractivity contribution < 1.29 is 0 Å². The SMILES string of the molecule is CCCNc1nc(-c2cnn(C)c2)nc(C)c1C. The van der Waals surface area contributed by atoms with Crippen molar-refractivity contribution in [1.29, 1.82) is 0 Å². The molecule has 0 aliphatic heterocycles. The van der Waals surface area contributed by atoms with Crippen LogP contribution in [0.4, 0.5) is 5.82 Å². The van der Waals surface area contributed by atoms with Crippen molar-refractivity contribution >= 4 is 5.82 Å². The third kappa shape index (κ3) is 2.50. The minimum absolute atomic E-state index is 0.727. The molecule has 0 aliphatic carbocycles. The highest BCUT2D eigenvalue weighted by molar-refractivity contribution is 5.58. The highest BCUT2D eigenvalue weighted by Gasteiger charge is 2.10. The van der Waals surface area contributed by atoms with Crippen LogP contribution in [0, 0.1) is 13.8 Å². The van der Waals surface area contributed by atoms with E-state index in [2.05, 4.69) is 27.3 Å². The second-order valence-electron chi connectivity index (χ2n) is 4.44. The van der Waals surface area contributed by atoms with Crippen LogP contribution in [0.3, 0.4) is 0 Å². The minimum atomic E-state index is 0.727. The molecule has 18 heavy (non-hydrogen) atoms. The first-order valence-electron chi connectivity index (χ1n) is 6.20. The number of hydrogen-bond acceptors (Lipinski definition) is 4. The summed E-state index contributed by atoms with van der Waals surface area (Å²) in [6.45, 7) is 7.11. The van der Waals surface area contributed by atoms with E-state index in [9.17, 15) is 0 Å². The monoisotopic (exact) mass is 245 g/mol. The number of hydrogen-bond donors (Lipinski definition) is 1. The van der Waals surface area contributed by atoms with Crippen LogP contribution in [0.5, 0.6) is 0 Å². The Labute approximate surface area is 107 Å². The maximum absolute atomic E-state index is 4.58. The van der Waals surface area contributed by atoms with E-state index in [1.165, 1.54) is 0 Å². The summed E-state index contributed by atoms with van der Waals surface area (Å²) in [5.74, 6) is 1.65. The van der Waals surface area contributed by atoms with Gasteiger partial charge < -0.3 is 5.32 Å². The molecular formula is C13H19N5. The van der Waals surface area contributed by atoms with Crippen molar-refractivity contribution in [2.45, 2.75) is 27.2 Å². The Kier molecular flexibility index (Phi) is 3.60. The Morgan fingerprint density at radius 2 is 2.06 bits per heavy atom. The molecule has 2 rings (SSSR count). The lowest BCUT2D eigenvalue weighted by molar-refractivity contribution is 0.768. The highest BCUT2D eigenvalue weighted by atomic mass is 15.2. The Bertz CT molecular complexity index is 544. The molecular weight excluding hydrogens is 226 g/mol. The van der Waals surface area contributed by atoms with Gasteiger partial charge in [0.1, 0.15) is 5.82 Å². The molecule has 0 spiro atoms. The van der Waals surface area contributed by atoms with Gasteiger partial charge in [0, 0.05) is 31.0 Å². The van der Waals surface area contributed by atoms with Crippen LogP contribution in [-0.4, -0.2) is 26.3 Å². The molecule has 0 radical (unpaired) electrons. The van der Waals surface area contributed by atoms with Crippen LogP contribution in [0.1, 0.15) is 24.6 Å². The zero-order valence-corrected chi connectivity index (χ0v) is 11.4. The molecule has 0 saturated carbocycles. The first-order valence-corrected chi connectivity index (χ1v) is 6.20. The summed E-state index contributed by atoms with van der Waals surface area (Å²) in [6.07, 6.45) is 4.78. The number of aryl methyl sites for hydroxylation is 2. The zero-order valence-electron chi connectivity index (χ0n) is 11.4. The Hall–Kier alpha value is -1.91. The van der Waals surface area contributed by atoms with Gasteiger partial charge in [-0.1, -0.05) is 6.92 Å². The molecule has 5 nitrogen and oxygen atoms in total. The average molecular weight is 245 g/mol. The van der Waals surface area contributed by atoms with Gasteiger partial charge in [0.2, 0.25) is 0 Å². The zero-order chi connectivity index (χ0) is 13.1. The van der Waals surface area contributed by atoms with E-state index in [0.29, 0.717) is 0 Å². The summed E-state index contributed by atoms with van der Waals surface area (Å²) in [6, 6.07) is 0. The summed E-state index contributed by atoms with van der Waals surface area (Å²) in [7, 11) is 1.89. The van der Waals surface area contributed by atoms with Gasteiger partial charge in [0.05, 0.1) is 11.8 Å². The van der Waals surface area contributed by atoms with Crippen LogP contribution >= 0.6 is 0 Å². The molecule has 2 heterocycles. The van der Waals surface area contributed by atoms with Crippen molar-refractivity contribution in [3.8, 4) is 11.4 Å². The molecule has 0 atom stereocenters. The van der Waals surface area contributed by atoms with E-state index in [4.69, 9.17) is 0 Å². The lowest BCUT2D eigenvalue weighted by Gasteiger charge is -2.10. The molecule has 0 amide bonds. The van der Waals surface area contributed by atoms with Crippen LogP contribution in [0.15, 0.2) is 12.4 Å². The molecule has 2 aromatic heterocycles. The third-order valence-electron chi connectivity index (χ3n) is 2.89. The van der Waals surface area contributed by atoms with Crippen molar-refractivity contribution in [3.63, 3.8) is 0 Å². The summed E-state index contributed by atoms with van der Waals surface area (Å²) >= 11 is 0. The lowest BCUT2D eigenvalue weighted by Crippen LogP contribution is -2.07. The van der Waals surface area contributed by atoms with E-state index in [0.717, 1.165) is 41.4 Å². The number of rotatable bonds is 4. The molecule has 0 aliphatic rings. The Morgan fingerprint density at radius 1 is 1.28 bits per heavy atom. The van der Waals surface area contributed by atoms with Crippen LogP contribution in [0.2, 0.25) is 0 Å². The van der Waals surface area contributed by atoms with Gasteiger partial charge >= 0.3 is 0 Å². The molecule has 0 unspecified atom stereocenters. The smallest absolute Gasteiger partial charge is 0.164 e. The average Bonchev–Trinajstić information content (AvgIpc) is 2.77. The summed E-state index contributed by atoms with van der Waals surface area (Å²) in [4.78, 5) is 9.10. The van der Waals surface area contributed by atoms with Crippen LogP contribution in [-0.2, 0) is 7.05 Å². The van der Waals surface area contributed by atoms with Crippen LogP contribution < -0.4 is 5.32 Å². The maximum atomic E-state index is 4.58. The van der Waals surface area contributed by atoms with E-state index in [1.54, 1.807) is 10.9 Å². The van der Waals surface area contributed by atoms with E-state index in [-0.39, 0.29) is 0 Å². The fourth-order valence-electron chi connectivity index (χ4n) is 1.71. The van der Waals surface area contributed by atoms with Crippen molar-refractivity contribution in [2.24, 2.45) is 7.05 Å². The van der Waals surface area contributed by atoms with Crippen LogP contribution in [0.25, 0.3) is 11.4 Å². The van der Waals surface area contributed by atoms with Crippen molar-refractivity contribution in [1.82, 2.24) is 19.7 Å². The number of aromatic nitrogens is 4. The topological polar surface area (TPSA) is 55.6 Å². The first-order chi connectivity index (χ1) is 8.61. The van der Waals surface area contributed by atoms with Gasteiger partial charge in [-0.2, -0.15) is 5.10 Å². The fraction of sp³-hybridized carbons (Fsp3) is 0.462. The van der Waals surface area contributed by atoms with Gasteiger partial charge in [-0.15, -0.1) is 0 Å².